The minimum Gasteiger partial charge on any atom is -0.465 e. The number of hydrogen-bond donors (Lipinski definition) is 1. The van der Waals surface area contributed by atoms with Gasteiger partial charge in [0.1, 0.15) is 4.88 Å². The number of ether oxygens (including phenoxy) is 3. The third-order valence-corrected chi connectivity index (χ3v) is 4.44. The quantitative estimate of drug-likeness (QED) is 0.575. The van der Waals surface area contributed by atoms with Crippen LogP contribution >= 0.6 is 22.9 Å². The van der Waals surface area contributed by atoms with Crippen LogP contribution in [0.2, 0.25) is 4.34 Å². The maximum atomic E-state index is 12.1. The lowest BCUT2D eigenvalue weighted by Crippen LogP contribution is -2.22. The molecule has 1 N–H and O–H groups in total. The average molecular weight is 412 g/mol. The zero-order valence-electron chi connectivity index (χ0n) is 14.2. The maximum Gasteiger partial charge on any atom is 0.348 e. The molecule has 0 bridgehead atoms. The van der Waals surface area contributed by atoms with Crippen molar-refractivity contribution in [3.8, 4) is 0 Å². The summed E-state index contributed by atoms with van der Waals surface area (Å²) >= 11 is 6.75. The van der Waals surface area contributed by atoms with Crippen molar-refractivity contribution in [2.24, 2.45) is 0 Å². The number of anilines is 1. The molecule has 1 aromatic heterocycles. The summed E-state index contributed by atoms with van der Waals surface area (Å²) in [5.74, 6) is -2.79. The molecule has 1 aromatic carbocycles. The molecular weight excluding hydrogens is 398 g/mol. The topological polar surface area (TPSA) is 108 Å². The Balaban J connectivity index is 2.11. The van der Waals surface area contributed by atoms with Gasteiger partial charge in [-0.25, -0.2) is 14.4 Å². The Morgan fingerprint density at radius 2 is 1.70 bits per heavy atom. The Bertz CT molecular complexity index is 893. The van der Waals surface area contributed by atoms with Gasteiger partial charge in [-0.3, -0.25) is 4.79 Å². The van der Waals surface area contributed by atoms with E-state index in [-0.39, 0.29) is 21.7 Å². The molecule has 142 valence electrons. The number of thiophene rings is 1. The molecule has 0 radical (unpaired) electrons. The van der Waals surface area contributed by atoms with Crippen LogP contribution in [-0.4, -0.2) is 44.6 Å². The van der Waals surface area contributed by atoms with Crippen molar-refractivity contribution in [3.63, 3.8) is 0 Å². The summed E-state index contributed by atoms with van der Waals surface area (Å²) in [6.45, 7) is -0.600. The minimum absolute atomic E-state index is 0.0185. The summed E-state index contributed by atoms with van der Waals surface area (Å²) in [5, 5.41) is 2.41. The second kappa shape index (κ2) is 9.15. The van der Waals surface area contributed by atoms with Gasteiger partial charge in [-0.1, -0.05) is 11.6 Å². The second-order valence-corrected chi connectivity index (χ2v) is 6.69. The molecule has 0 atom stereocenters. The van der Waals surface area contributed by atoms with Gasteiger partial charge in [0.25, 0.3) is 5.91 Å². The number of amides is 1. The van der Waals surface area contributed by atoms with Crippen LogP contribution in [0.5, 0.6) is 0 Å². The molecule has 2 aromatic rings. The summed E-state index contributed by atoms with van der Waals surface area (Å²) in [4.78, 5) is 47.6. The van der Waals surface area contributed by atoms with Gasteiger partial charge in [0.2, 0.25) is 0 Å². The normalized spacial score (nSPS) is 10.0. The van der Waals surface area contributed by atoms with E-state index in [1.165, 1.54) is 44.6 Å². The largest absolute Gasteiger partial charge is 0.465 e. The number of carbonyl (C=O) groups is 4. The molecule has 27 heavy (non-hydrogen) atoms. The fourth-order valence-electron chi connectivity index (χ4n) is 1.99. The molecule has 1 amide bonds. The summed E-state index contributed by atoms with van der Waals surface area (Å²) in [7, 11) is 2.38. The average Bonchev–Trinajstić information content (AvgIpc) is 3.11. The van der Waals surface area contributed by atoms with Crippen molar-refractivity contribution in [2.75, 3.05) is 26.1 Å². The summed E-state index contributed by atoms with van der Waals surface area (Å²) in [5.41, 5.74) is 0.158. The third kappa shape index (κ3) is 5.28. The highest BCUT2D eigenvalue weighted by atomic mass is 35.5. The van der Waals surface area contributed by atoms with Gasteiger partial charge in [-0.15, -0.1) is 11.3 Å². The Morgan fingerprint density at radius 3 is 2.30 bits per heavy atom. The molecule has 10 heteroatoms. The van der Waals surface area contributed by atoms with Gasteiger partial charge in [-0.2, -0.15) is 0 Å². The molecule has 0 aliphatic heterocycles. The molecule has 0 aliphatic rings. The Morgan fingerprint density at radius 1 is 1.00 bits per heavy atom. The first-order valence-corrected chi connectivity index (χ1v) is 8.58. The van der Waals surface area contributed by atoms with E-state index in [4.69, 9.17) is 16.3 Å². The molecule has 0 spiro atoms. The lowest BCUT2D eigenvalue weighted by molar-refractivity contribution is -0.119. The Kier molecular flexibility index (Phi) is 6.91. The van der Waals surface area contributed by atoms with Crippen LogP contribution in [0, 0.1) is 0 Å². The van der Waals surface area contributed by atoms with Gasteiger partial charge in [0.05, 0.1) is 35.4 Å². The number of benzene rings is 1. The van der Waals surface area contributed by atoms with Crippen molar-refractivity contribution in [2.45, 2.75) is 0 Å². The van der Waals surface area contributed by atoms with Gasteiger partial charge < -0.3 is 19.5 Å². The first kappa shape index (κ1) is 20.4. The van der Waals surface area contributed by atoms with E-state index in [9.17, 15) is 19.2 Å². The summed E-state index contributed by atoms with van der Waals surface area (Å²) < 4.78 is 14.6. The van der Waals surface area contributed by atoms with Crippen molar-refractivity contribution in [3.05, 3.63) is 50.7 Å². The van der Waals surface area contributed by atoms with Crippen LogP contribution in [0.3, 0.4) is 0 Å². The predicted molar refractivity (Wildman–Crippen MR) is 97.4 cm³/mol. The monoisotopic (exact) mass is 411 g/mol. The zero-order valence-corrected chi connectivity index (χ0v) is 15.8. The first-order chi connectivity index (χ1) is 12.8. The van der Waals surface area contributed by atoms with Gasteiger partial charge in [0.15, 0.2) is 6.61 Å². The SMILES string of the molecule is COC(=O)c1ccc(C(=O)OC)c(NC(=O)COC(=O)c2ccc(Cl)s2)c1. The van der Waals surface area contributed by atoms with Crippen molar-refractivity contribution >= 4 is 52.4 Å². The molecule has 0 saturated heterocycles. The highest BCUT2D eigenvalue weighted by Crippen LogP contribution is 2.22. The molecular formula is C17H14ClNO7S. The molecule has 0 aliphatic carbocycles. The number of nitrogens with one attached hydrogen (secondary N) is 1. The number of methoxy groups -OCH3 is 2. The Hall–Kier alpha value is -2.91. The predicted octanol–water partition coefficient (Wildman–Crippen LogP) is 2.77. The number of hydrogen-bond acceptors (Lipinski definition) is 8. The highest BCUT2D eigenvalue weighted by molar-refractivity contribution is 7.17. The van der Waals surface area contributed by atoms with E-state index in [1.54, 1.807) is 0 Å². The van der Waals surface area contributed by atoms with Gasteiger partial charge in [-0.05, 0) is 30.3 Å². The molecule has 2 rings (SSSR count). The van der Waals surface area contributed by atoms with Crippen LogP contribution in [0.1, 0.15) is 30.4 Å². The molecule has 0 fully saturated rings. The van der Waals surface area contributed by atoms with Crippen molar-refractivity contribution < 1.29 is 33.4 Å². The van der Waals surface area contributed by atoms with E-state index in [0.717, 1.165) is 11.3 Å². The van der Waals surface area contributed by atoms with E-state index >= 15 is 0 Å². The molecule has 8 nitrogen and oxygen atoms in total. The molecule has 0 unspecified atom stereocenters. The zero-order chi connectivity index (χ0) is 20.0. The number of carbonyl (C=O) groups excluding carboxylic acids is 4. The first-order valence-electron chi connectivity index (χ1n) is 7.38. The van der Waals surface area contributed by atoms with Crippen LogP contribution in [-0.2, 0) is 19.0 Å². The van der Waals surface area contributed by atoms with Crippen LogP contribution in [0.25, 0.3) is 0 Å². The Labute approximate surface area is 163 Å². The van der Waals surface area contributed by atoms with E-state index < -0.39 is 30.4 Å². The lowest BCUT2D eigenvalue weighted by atomic mass is 10.1. The van der Waals surface area contributed by atoms with Crippen molar-refractivity contribution in [1.29, 1.82) is 0 Å². The lowest BCUT2D eigenvalue weighted by Gasteiger charge is -2.11. The number of esters is 3. The van der Waals surface area contributed by atoms with E-state index in [2.05, 4.69) is 14.8 Å². The molecule has 0 saturated carbocycles. The van der Waals surface area contributed by atoms with E-state index in [0.29, 0.717) is 4.34 Å². The number of rotatable bonds is 6. The summed E-state index contributed by atoms with van der Waals surface area (Å²) in [6.07, 6.45) is 0. The van der Waals surface area contributed by atoms with Crippen LogP contribution in [0.4, 0.5) is 5.69 Å². The second-order valence-electron chi connectivity index (χ2n) is 4.97. The maximum absolute atomic E-state index is 12.1. The van der Waals surface area contributed by atoms with E-state index in [1.807, 2.05) is 0 Å². The molecule has 1 heterocycles. The third-order valence-electron chi connectivity index (χ3n) is 3.23. The van der Waals surface area contributed by atoms with Gasteiger partial charge >= 0.3 is 17.9 Å². The fraction of sp³-hybridized carbons (Fsp3) is 0.176. The summed E-state index contributed by atoms with van der Waals surface area (Å²) in [6, 6.07) is 6.94. The van der Waals surface area contributed by atoms with Crippen LogP contribution in [0.15, 0.2) is 30.3 Å². The van der Waals surface area contributed by atoms with Crippen LogP contribution < -0.4 is 5.32 Å². The number of halogens is 1. The van der Waals surface area contributed by atoms with Crippen molar-refractivity contribution in [1.82, 2.24) is 0 Å². The highest BCUT2D eigenvalue weighted by Gasteiger charge is 2.18. The fourth-order valence-corrected chi connectivity index (χ4v) is 2.93. The standard InChI is InChI=1S/C17H14ClNO7S/c1-24-15(21)9-3-4-10(16(22)25-2)11(7-9)19-14(20)8-26-17(23)12-5-6-13(18)27-12/h3-7H,8H2,1-2H3,(H,19,20). The smallest absolute Gasteiger partial charge is 0.348 e. The van der Waals surface area contributed by atoms with Gasteiger partial charge in [0, 0.05) is 0 Å². The minimum atomic E-state index is -0.716.